The number of fused-ring (bicyclic) bond motifs is 1. The molecule has 2 nitrogen and oxygen atoms in total. The summed E-state index contributed by atoms with van der Waals surface area (Å²) in [6.07, 6.45) is 7.78. The van der Waals surface area contributed by atoms with Crippen LogP contribution in [0.3, 0.4) is 0 Å². The van der Waals surface area contributed by atoms with Gasteiger partial charge in [-0.25, -0.2) is 0 Å². The van der Waals surface area contributed by atoms with E-state index in [4.69, 9.17) is 4.74 Å². The van der Waals surface area contributed by atoms with Crippen LogP contribution in [0.15, 0.2) is 24.3 Å². The molecule has 1 saturated heterocycles. The molecule has 52 valence electrons. The number of esters is 1. The van der Waals surface area contributed by atoms with Gasteiger partial charge in [-0.1, -0.05) is 24.3 Å². The van der Waals surface area contributed by atoms with Gasteiger partial charge < -0.3 is 4.74 Å². The van der Waals surface area contributed by atoms with E-state index in [9.17, 15) is 4.79 Å². The van der Waals surface area contributed by atoms with Crippen LogP contribution >= 0.6 is 0 Å². The fourth-order valence-corrected chi connectivity index (χ4v) is 1.34. The molecule has 2 rings (SSSR count). The summed E-state index contributed by atoms with van der Waals surface area (Å²) < 4.78 is 4.86. The number of allylic oxidation sites excluding steroid dienone is 2. The Hall–Kier alpha value is -1.05. The zero-order valence-electron chi connectivity index (χ0n) is 5.49. The Kier molecular flexibility index (Phi) is 1.13. The van der Waals surface area contributed by atoms with Crippen LogP contribution in [-0.2, 0) is 9.53 Å². The van der Waals surface area contributed by atoms with Gasteiger partial charge in [-0.15, -0.1) is 0 Å². The third kappa shape index (κ3) is 0.685. The van der Waals surface area contributed by atoms with Gasteiger partial charge in [0.15, 0.2) is 0 Å². The summed E-state index contributed by atoms with van der Waals surface area (Å²) in [4.78, 5) is 10.9. The predicted molar refractivity (Wildman–Crippen MR) is 36.2 cm³/mol. The van der Waals surface area contributed by atoms with Crippen molar-refractivity contribution >= 4 is 5.97 Å². The maximum Gasteiger partial charge on any atom is 0.313 e. The summed E-state index contributed by atoms with van der Waals surface area (Å²) in [5.41, 5.74) is 0. The highest BCUT2D eigenvalue weighted by atomic mass is 16.5. The van der Waals surface area contributed by atoms with Crippen molar-refractivity contribution in [3.05, 3.63) is 24.3 Å². The Morgan fingerprint density at radius 1 is 1.40 bits per heavy atom. The van der Waals surface area contributed by atoms with Gasteiger partial charge in [0.1, 0.15) is 0 Å². The first-order valence-electron chi connectivity index (χ1n) is 3.39. The zero-order chi connectivity index (χ0) is 6.97. The maximum absolute atomic E-state index is 10.9. The van der Waals surface area contributed by atoms with Crippen molar-refractivity contribution in [2.45, 2.75) is 0 Å². The highest BCUT2D eigenvalue weighted by Crippen LogP contribution is 2.26. The molecule has 1 aliphatic carbocycles. The monoisotopic (exact) mass is 136 g/mol. The van der Waals surface area contributed by atoms with Crippen LogP contribution in [0.25, 0.3) is 0 Å². The molecule has 0 N–H and O–H groups in total. The topological polar surface area (TPSA) is 26.3 Å². The Balaban J connectivity index is 2.27. The Bertz CT molecular complexity index is 215. The van der Waals surface area contributed by atoms with Crippen LogP contribution < -0.4 is 0 Å². The van der Waals surface area contributed by atoms with Crippen molar-refractivity contribution in [3.63, 3.8) is 0 Å². The molecule has 2 atom stereocenters. The molecule has 0 aromatic heterocycles. The first kappa shape index (κ1) is 5.71. The van der Waals surface area contributed by atoms with E-state index in [2.05, 4.69) is 0 Å². The molecule has 0 amide bonds. The minimum absolute atomic E-state index is 0.00463. The minimum Gasteiger partial charge on any atom is -0.465 e. The molecule has 0 aromatic carbocycles. The average Bonchev–Trinajstić information content (AvgIpc) is 2.34. The molecule has 2 aliphatic rings. The molecule has 0 spiro atoms. The largest absolute Gasteiger partial charge is 0.465 e. The lowest BCUT2D eigenvalue weighted by Gasteiger charge is -2.07. The second-order valence-corrected chi connectivity index (χ2v) is 2.59. The van der Waals surface area contributed by atoms with Crippen LogP contribution in [-0.4, -0.2) is 12.6 Å². The lowest BCUT2D eigenvalue weighted by atomic mass is 9.92. The van der Waals surface area contributed by atoms with Gasteiger partial charge in [-0.2, -0.15) is 0 Å². The molecule has 10 heavy (non-hydrogen) atoms. The molecule has 0 unspecified atom stereocenters. The van der Waals surface area contributed by atoms with Crippen molar-refractivity contribution in [3.8, 4) is 0 Å². The molecule has 2 heteroatoms. The van der Waals surface area contributed by atoms with Gasteiger partial charge in [0, 0.05) is 5.92 Å². The molecule has 1 aliphatic heterocycles. The van der Waals surface area contributed by atoms with Crippen molar-refractivity contribution in [1.82, 2.24) is 0 Å². The van der Waals surface area contributed by atoms with Gasteiger partial charge in [-0.3, -0.25) is 4.79 Å². The molecular weight excluding hydrogens is 128 g/mol. The number of rotatable bonds is 0. The SMILES string of the molecule is O=C1OC[C@@H]2C=CC=C[C@H]12. The summed E-state index contributed by atoms with van der Waals surface area (Å²) in [5, 5.41) is 0. The molecule has 0 aromatic rings. The summed E-state index contributed by atoms with van der Waals surface area (Å²) in [5.74, 6) is 0.230. The smallest absolute Gasteiger partial charge is 0.313 e. The summed E-state index contributed by atoms with van der Waals surface area (Å²) >= 11 is 0. The lowest BCUT2D eigenvalue weighted by Crippen LogP contribution is -2.12. The highest BCUT2D eigenvalue weighted by molar-refractivity contribution is 5.77. The number of ether oxygens (including phenoxy) is 1. The van der Waals surface area contributed by atoms with Crippen molar-refractivity contribution in [1.29, 1.82) is 0 Å². The van der Waals surface area contributed by atoms with E-state index >= 15 is 0 Å². The van der Waals surface area contributed by atoms with Gasteiger partial charge in [0.2, 0.25) is 0 Å². The Morgan fingerprint density at radius 3 is 3.00 bits per heavy atom. The molecule has 0 saturated carbocycles. The molecular formula is C8H8O2. The number of hydrogen-bond donors (Lipinski definition) is 0. The quantitative estimate of drug-likeness (QED) is 0.462. The third-order valence-corrected chi connectivity index (χ3v) is 1.94. The standard InChI is InChI=1S/C8H8O2/c9-8-7-4-2-1-3-6(7)5-10-8/h1-4,6-7H,5H2/t6-,7-/m0/s1. The zero-order valence-corrected chi connectivity index (χ0v) is 5.49. The third-order valence-electron chi connectivity index (χ3n) is 1.94. The number of cyclic esters (lactones) is 1. The van der Waals surface area contributed by atoms with E-state index in [-0.39, 0.29) is 11.9 Å². The first-order valence-corrected chi connectivity index (χ1v) is 3.39. The molecule has 0 radical (unpaired) electrons. The first-order chi connectivity index (χ1) is 4.88. The maximum atomic E-state index is 10.9. The van der Waals surface area contributed by atoms with Crippen LogP contribution in [0.2, 0.25) is 0 Å². The van der Waals surface area contributed by atoms with Crippen molar-refractivity contribution < 1.29 is 9.53 Å². The molecule has 0 bridgehead atoms. The van der Waals surface area contributed by atoms with E-state index in [0.717, 1.165) is 0 Å². The van der Waals surface area contributed by atoms with E-state index in [1.54, 1.807) is 0 Å². The summed E-state index contributed by atoms with van der Waals surface area (Å²) in [6, 6.07) is 0. The van der Waals surface area contributed by atoms with E-state index in [1.807, 2.05) is 24.3 Å². The predicted octanol–water partition coefficient (Wildman–Crippen LogP) is 0.902. The fourth-order valence-electron chi connectivity index (χ4n) is 1.34. The summed E-state index contributed by atoms with van der Waals surface area (Å²) in [6.45, 7) is 0.560. The lowest BCUT2D eigenvalue weighted by molar-refractivity contribution is -0.140. The van der Waals surface area contributed by atoms with Gasteiger partial charge in [-0.05, 0) is 0 Å². The highest BCUT2D eigenvalue weighted by Gasteiger charge is 2.33. The van der Waals surface area contributed by atoms with Crippen LogP contribution in [0.1, 0.15) is 0 Å². The summed E-state index contributed by atoms with van der Waals surface area (Å²) in [7, 11) is 0. The number of carbonyl (C=O) groups is 1. The van der Waals surface area contributed by atoms with E-state index in [0.29, 0.717) is 12.5 Å². The Labute approximate surface area is 59.2 Å². The van der Waals surface area contributed by atoms with Gasteiger partial charge >= 0.3 is 5.97 Å². The minimum atomic E-state index is -0.0781. The van der Waals surface area contributed by atoms with Crippen molar-refractivity contribution in [2.24, 2.45) is 11.8 Å². The van der Waals surface area contributed by atoms with Gasteiger partial charge in [0.25, 0.3) is 0 Å². The second-order valence-electron chi connectivity index (χ2n) is 2.59. The van der Waals surface area contributed by atoms with E-state index < -0.39 is 0 Å². The molecule has 1 heterocycles. The normalized spacial score (nSPS) is 35.8. The average molecular weight is 136 g/mol. The number of hydrogen-bond acceptors (Lipinski definition) is 2. The van der Waals surface area contributed by atoms with Crippen LogP contribution in [0.5, 0.6) is 0 Å². The second kappa shape index (κ2) is 1.97. The van der Waals surface area contributed by atoms with Crippen molar-refractivity contribution in [2.75, 3.05) is 6.61 Å². The Morgan fingerprint density at radius 2 is 2.20 bits per heavy atom. The molecule has 1 fully saturated rings. The van der Waals surface area contributed by atoms with Crippen LogP contribution in [0.4, 0.5) is 0 Å². The fraction of sp³-hybridized carbons (Fsp3) is 0.375. The van der Waals surface area contributed by atoms with E-state index in [1.165, 1.54) is 0 Å². The number of carbonyl (C=O) groups excluding carboxylic acids is 1. The van der Waals surface area contributed by atoms with Crippen LogP contribution in [0, 0.1) is 11.8 Å². The van der Waals surface area contributed by atoms with Gasteiger partial charge in [0.05, 0.1) is 12.5 Å².